The minimum Gasteiger partial charge on any atom is -0.464 e. The van der Waals surface area contributed by atoms with Crippen LogP contribution in [-0.4, -0.2) is 71.9 Å². The number of nitrogens with zero attached hydrogens (tertiary/aromatic N) is 2. The van der Waals surface area contributed by atoms with E-state index in [1.807, 2.05) is 46.7 Å². The van der Waals surface area contributed by atoms with Crippen LogP contribution >= 0.6 is 11.8 Å². The van der Waals surface area contributed by atoms with Crippen LogP contribution in [0.25, 0.3) is 6.08 Å². The summed E-state index contributed by atoms with van der Waals surface area (Å²) in [5, 5.41) is 2.02. The second-order valence-electron chi connectivity index (χ2n) is 7.20. The summed E-state index contributed by atoms with van der Waals surface area (Å²) < 4.78 is 10.1. The van der Waals surface area contributed by atoms with Crippen molar-refractivity contribution in [3.63, 3.8) is 0 Å². The van der Waals surface area contributed by atoms with Gasteiger partial charge in [0.2, 0.25) is 5.91 Å². The summed E-state index contributed by atoms with van der Waals surface area (Å²) in [7, 11) is 0. The number of amides is 2. The fraction of sp³-hybridized carbons (Fsp3) is 0.500. The number of carbonyl (C=O) groups is 3. The molecule has 2 saturated heterocycles. The number of likely N-dealkylation sites (tertiary alicyclic amines) is 1. The molecule has 2 fully saturated rings. The summed E-state index contributed by atoms with van der Waals surface area (Å²) in [4.78, 5) is 40.1. The molecule has 0 N–H and O–H groups in total. The molecular weight excluding hydrogens is 404 g/mol. The molecule has 2 amide bonds. The Bertz CT molecular complexity index is 762. The van der Waals surface area contributed by atoms with Gasteiger partial charge >= 0.3 is 12.1 Å². The Morgan fingerprint density at radius 2 is 1.97 bits per heavy atom. The number of hydrogen-bond acceptors (Lipinski definition) is 6. The maximum atomic E-state index is 12.5. The first kappa shape index (κ1) is 22.2. The monoisotopic (exact) mass is 432 g/mol. The maximum absolute atomic E-state index is 12.5. The summed E-state index contributed by atoms with van der Waals surface area (Å²) >= 11 is 1.62. The summed E-state index contributed by atoms with van der Waals surface area (Å²) in [6.07, 6.45) is 3.32. The number of ether oxygens (including phenoxy) is 2. The molecule has 2 aliphatic rings. The molecule has 0 bridgehead atoms. The topological polar surface area (TPSA) is 76.2 Å². The Morgan fingerprint density at radius 3 is 2.67 bits per heavy atom. The average molecular weight is 433 g/mol. The van der Waals surface area contributed by atoms with E-state index in [2.05, 4.69) is 0 Å². The van der Waals surface area contributed by atoms with Gasteiger partial charge in [-0.2, -0.15) is 0 Å². The first-order valence-corrected chi connectivity index (χ1v) is 11.4. The third-order valence-corrected chi connectivity index (χ3v) is 6.04. The van der Waals surface area contributed by atoms with Crippen LogP contribution in [0.3, 0.4) is 0 Å². The smallest absolute Gasteiger partial charge is 0.410 e. The molecule has 162 valence electrons. The molecule has 7 nitrogen and oxygen atoms in total. The third kappa shape index (κ3) is 5.78. The number of rotatable bonds is 8. The van der Waals surface area contributed by atoms with Crippen molar-refractivity contribution >= 4 is 35.8 Å². The second-order valence-corrected chi connectivity index (χ2v) is 8.21. The van der Waals surface area contributed by atoms with Crippen LogP contribution < -0.4 is 0 Å². The van der Waals surface area contributed by atoms with E-state index in [-0.39, 0.29) is 25.2 Å². The summed E-state index contributed by atoms with van der Waals surface area (Å²) in [6.45, 7) is 3.19. The van der Waals surface area contributed by atoms with Gasteiger partial charge in [-0.3, -0.25) is 9.69 Å². The van der Waals surface area contributed by atoms with Crippen molar-refractivity contribution in [2.75, 3.05) is 32.1 Å². The molecule has 1 aromatic carbocycles. The average Bonchev–Trinajstić information content (AvgIpc) is 3.16. The van der Waals surface area contributed by atoms with Crippen LogP contribution in [0.5, 0.6) is 0 Å². The van der Waals surface area contributed by atoms with E-state index in [4.69, 9.17) is 9.47 Å². The van der Waals surface area contributed by atoms with Gasteiger partial charge in [-0.15, -0.1) is 11.8 Å². The molecule has 30 heavy (non-hydrogen) atoms. The second kappa shape index (κ2) is 11.1. The van der Waals surface area contributed by atoms with Gasteiger partial charge in [-0.1, -0.05) is 30.3 Å². The standard InChI is InChI=1S/C22H28N2O5S/c1-2-28-21(26)19-16-29-22(27)24(19)18-8-12-23(13-9-18)20(25)11-15-30-14-10-17-6-4-3-5-7-17/h3-7,10,14,18-19H,2,8-9,11-13,15-16H2,1H3. The van der Waals surface area contributed by atoms with Crippen LogP contribution in [0, 0.1) is 0 Å². The Balaban J connectivity index is 1.41. The first-order valence-electron chi connectivity index (χ1n) is 10.3. The van der Waals surface area contributed by atoms with Crippen LogP contribution in [0.1, 0.15) is 31.7 Å². The summed E-state index contributed by atoms with van der Waals surface area (Å²) in [5.74, 6) is 0.424. The van der Waals surface area contributed by atoms with E-state index in [1.165, 1.54) is 4.90 Å². The van der Waals surface area contributed by atoms with Crippen molar-refractivity contribution in [2.45, 2.75) is 38.3 Å². The fourth-order valence-corrected chi connectivity index (χ4v) is 4.39. The predicted octanol–water partition coefficient (Wildman–Crippen LogP) is 3.16. The van der Waals surface area contributed by atoms with Crippen molar-refractivity contribution < 1.29 is 23.9 Å². The highest BCUT2D eigenvalue weighted by Gasteiger charge is 2.44. The zero-order valence-electron chi connectivity index (χ0n) is 17.2. The lowest BCUT2D eigenvalue weighted by molar-refractivity contribution is -0.149. The largest absolute Gasteiger partial charge is 0.464 e. The van der Waals surface area contributed by atoms with Crippen molar-refractivity contribution in [1.29, 1.82) is 0 Å². The molecule has 3 rings (SSSR count). The Kier molecular flexibility index (Phi) is 8.19. The Labute approximate surface area is 181 Å². The summed E-state index contributed by atoms with van der Waals surface area (Å²) in [6, 6.07) is 9.25. The number of carbonyl (C=O) groups excluding carboxylic acids is 3. The molecule has 1 atom stereocenters. The first-order chi connectivity index (χ1) is 14.6. The number of benzene rings is 1. The molecule has 0 aliphatic carbocycles. The minimum atomic E-state index is -0.683. The molecule has 2 heterocycles. The number of hydrogen-bond donors (Lipinski definition) is 0. The molecule has 0 spiro atoms. The van der Waals surface area contributed by atoms with Crippen LogP contribution in [0.15, 0.2) is 35.7 Å². The minimum absolute atomic E-state index is 0.0323. The predicted molar refractivity (Wildman–Crippen MR) is 116 cm³/mol. The SMILES string of the molecule is CCOC(=O)C1COC(=O)N1C1CCN(C(=O)CCSC=Cc2ccccc2)CC1. The van der Waals surface area contributed by atoms with Gasteiger partial charge in [-0.25, -0.2) is 9.59 Å². The third-order valence-electron chi connectivity index (χ3n) is 5.27. The number of cyclic esters (lactones) is 1. The van der Waals surface area contributed by atoms with E-state index in [1.54, 1.807) is 18.7 Å². The molecule has 0 saturated carbocycles. The summed E-state index contributed by atoms with van der Waals surface area (Å²) in [5.41, 5.74) is 1.14. The van der Waals surface area contributed by atoms with Crippen LogP contribution in [-0.2, 0) is 19.1 Å². The fourth-order valence-electron chi connectivity index (χ4n) is 3.71. The number of thioether (sulfide) groups is 1. The zero-order chi connectivity index (χ0) is 21.3. The van der Waals surface area contributed by atoms with Gasteiger partial charge in [0.1, 0.15) is 6.61 Å². The zero-order valence-corrected chi connectivity index (χ0v) is 18.0. The Morgan fingerprint density at radius 1 is 1.23 bits per heavy atom. The molecule has 1 aromatic rings. The maximum Gasteiger partial charge on any atom is 0.410 e. The molecule has 0 aromatic heterocycles. The van der Waals surface area contributed by atoms with E-state index in [0.717, 1.165) is 11.3 Å². The van der Waals surface area contributed by atoms with Crippen LogP contribution in [0.4, 0.5) is 4.79 Å². The van der Waals surface area contributed by atoms with E-state index in [9.17, 15) is 14.4 Å². The lowest BCUT2D eigenvalue weighted by Gasteiger charge is -2.37. The van der Waals surface area contributed by atoms with E-state index >= 15 is 0 Å². The van der Waals surface area contributed by atoms with Gasteiger partial charge in [-0.05, 0) is 36.8 Å². The van der Waals surface area contributed by atoms with Gasteiger partial charge < -0.3 is 14.4 Å². The molecule has 0 radical (unpaired) electrons. The molecular formula is C22H28N2O5S. The van der Waals surface area contributed by atoms with Gasteiger partial charge in [0.15, 0.2) is 6.04 Å². The quantitative estimate of drug-likeness (QED) is 0.464. The Hall–Kier alpha value is -2.48. The van der Waals surface area contributed by atoms with E-state index in [0.29, 0.717) is 32.4 Å². The number of piperidine rings is 1. The van der Waals surface area contributed by atoms with Crippen molar-refractivity contribution in [3.8, 4) is 0 Å². The van der Waals surface area contributed by atoms with Crippen molar-refractivity contribution in [3.05, 3.63) is 41.3 Å². The lowest BCUT2D eigenvalue weighted by Crippen LogP contribution is -2.52. The lowest BCUT2D eigenvalue weighted by atomic mass is 10.0. The highest BCUT2D eigenvalue weighted by atomic mass is 32.2. The molecule has 8 heteroatoms. The highest BCUT2D eigenvalue weighted by Crippen LogP contribution is 2.25. The molecule has 2 aliphatic heterocycles. The van der Waals surface area contributed by atoms with Crippen LogP contribution in [0.2, 0.25) is 0 Å². The van der Waals surface area contributed by atoms with Crippen molar-refractivity contribution in [1.82, 2.24) is 9.80 Å². The van der Waals surface area contributed by atoms with Gasteiger partial charge in [0.25, 0.3) is 0 Å². The number of esters is 1. The van der Waals surface area contributed by atoms with Crippen molar-refractivity contribution in [2.24, 2.45) is 0 Å². The van der Waals surface area contributed by atoms with Gasteiger partial charge in [0, 0.05) is 31.3 Å². The normalized spacial score (nSPS) is 19.9. The van der Waals surface area contributed by atoms with Gasteiger partial charge in [0.05, 0.1) is 6.61 Å². The van der Waals surface area contributed by atoms with E-state index < -0.39 is 18.1 Å². The molecule has 1 unspecified atom stereocenters. The highest BCUT2D eigenvalue weighted by molar-refractivity contribution is 8.02.